The van der Waals surface area contributed by atoms with Gasteiger partial charge in [-0.3, -0.25) is 9.69 Å². The van der Waals surface area contributed by atoms with E-state index in [0.717, 1.165) is 13.1 Å². The maximum Gasteiger partial charge on any atom is 0.325 e. The van der Waals surface area contributed by atoms with Crippen LogP contribution in [0, 0.1) is 0 Å². The lowest BCUT2D eigenvalue weighted by atomic mass is 10.2. The Morgan fingerprint density at radius 3 is 2.82 bits per heavy atom. The number of nitrogens with zero attached hydrogens (tertiary/aromatic N) is 1. The van der Waals surface area contributed by atoms with Crippen LogP contribution in [0.25, 0.3) is 0 Å². The van der Waals surface area contributed by atoms with E-state index in [9.17, 15) is 4.79 Å². The van der Waals surface area contributed by atoms with Gasteiger partial charge in [-0.1, -0.05) is 19.6 Å². The van der Waals surface area contributed by atoms with Crippen molar-refractivity contribution in [1.82, 2.24) is 4.90 Å². The maximum atomic E-state index is 12.0. The lowest BCUT2D eigenvalue weighted by Gasteiger charge is -2.33. The minimum Gasteiger partial charge on any atom is -0.468 e. The molecule has 100 valence electrons. The summed E-state index contributed by atoms with van der Waals surface area (Å²) < 4.78 is 10.7. The van der Waals surface area contributed by atoms with Gasteiger partial charge >= 0.3 is 5.97 Å². The molecule has 0 aromatic heterocycles. The van der Waals surface area contributed by atoms with E-state index in [-0.39, 0.29) is 12.0 Å². The van der Waals surface area contributed by atoms with Gasteiger partial charge in [0.25, 0.3) is 0 Å². The Hall–Kier alpha value is -0.433. The van der Waals surface area contributed by atoms with Gasteiger partial charge in [0.2, 0.25) is 0 Å². The Balaban J connectivity index is 2.47. The van der Waals surface area contributed by atoms with E-state index < -0.39 is 8.07 Å². The van der Waals surface area contributed by atoms with Crippen molar-refractivity contribution in [3.63, 3.8) is 0 Å². The van der Waals surface area contributed by atoms with Gasteiger partial charge < -0.3 is 15.2 Å². The smallest absolute Gasteiger partial charge is 0.325 e. The lowest BCUT2D eigenvalue weighted by Crippen LogP contribution is -2.52. The fraction of sp³-hybridized carbons (Fsp3) is 0.909. The largest absolute Gasteiger partial charge is 0.468 e. The van der Waals surface area contributed by atoms with Crippen molar-refractivity contribution in [2.24, 2.45) is 5.73 Å². The molecule has 17 heavy (non-hydrogen) atoms. The van der Waals surface area contributed by atoms with Crippen molar-refractivity contribution in [3.8, 4) is 0 Å². The van der Waals surface area contributed by atoms with Crippen LogP contribution in [0.15, 0.2) is 0 Å². The molecule has 0 aliphatic carbocycles. The number of hydrogen-bond donors (Lipinski definition) is 1. The second-order valence-electron chi connectivity index (χ2n) is 5.58. The third kappa shape index (κ3) is 5.16. The van der Waals surface area contributed by atoms with Crippen LogP contribution in [0.1, 0.15) is 0 Å². The summed E-state index contributed by atoms with van der Waals surface area (Å²) in [6.45, 7) is 9.64. The van der Waals surface area contributed by atoms with E-state index in [2.05, 4.69) is 24.5 Å². The van der Waals surface area contributed by atoms with E-state index in [0.29, 0.717) is 26.0 Å². The summed E-state index contributed by atoms with van der Waals surface area (Å²) in [5, 5.41) is 0. The molecule has 1 heterocycles. The highest BCUT2D eigenvalue weighted by Gasteiger charge is 2.31. The van der Waals surface area contributed by atoms with Crippen LogP contribution in [-0.2, 0) is 14.3 Å². The number of carbonyl (C=O) groups is 1. The molecule has 0 aromatic carbocycles. The first-order valence-corrected chi connectivity index (χ1v) is 9.83. The quantitative estimate of drug-likeness (QED) is 0.560. The second-order valence-corrected chi connectivity index (χ2v) is 11.0. The standard InChI is InChI=1S/C11H24N2O3Si/c1-17(2,3)9-16-11(14)10-8-15-7-6-13(10)5-4-12/h10H,4-9,12H2,1-3H3/t10-/m1/s1. The summed E-state index contributed by atoms with van der Waals surface area (Å²) in [7, 11) is -1.35. The molecule has 0 bridgehead atoms. The van der Waals surface area contributed by atoms with Gasteiger partial charge in [-0.15, -0.1) is 0 Å². The summed E-state index contributed by atoms with van der Waals surface area (Å²) in [6, 6.07) is -0.274. The Bertz CT molecular complexity index is 254. The van der Waals surface area contributed by atoms with Gasteiger partial charge in [0.05, 0.1) is 27.5 Å². The van der Waals surface area contributed by atoms with Gasteiger partial charge in [-0.25, -0.2) is 0 Å². The van der Waals surface area contributed by atoms with Gasteiger partial charge in [0.15, 0.2) is 0 Å². The molecule has 0 saturated carbocycles. The minimum atomic E-state index is -1.35. The predicted octanol–water partition coefficient (Wildman–Crippen LogP) is 0.0665. The van der Waals surface area contributed by atoms with Crippen LogP contribution in [0.4, 0.5) is 0 Å². The molecule has 0 radical (unpaired) electrons. The Kier molecular flexibility index (Phi) is 5.58. The molecule has 0 unspecified atom stereocenters. The van der Waals surface area contributed by atoms with Crippen molar-refractivity contribution in [2.45, 2.75) is 25.7 Å². The predicted molar refractivity (Wildman–Crippen MR) is 69.5 cm³/mol. The van der Waals surface area contributed by atoms with E-state index in [1.807, 2.05) is 0 Å². The van der Waals surface area contributed by atoms with Gasteiger partial charge in [0, 0.05) is 19.6 Å². The summed E-state index contributed by atoms with van der Waals surface area (Å²) in [4.78, 5) is 14.0. The van der Waals surface area contributed by atoms with E-state index in [4.69, 9.17) is 15.2 Å². The molecule has 2 N–H and O–H groups in total. The zero-order chi connectivity index (χ0) is 12.9. The zero-order valence-corrected chi connectivity index (χ0v) is 12.1. The molecule has 0 spiro atoms. The monoisotopic (exact) mass is 260 g/mol. The number of carbonyl (C=O) groups excluding carboxylic acids is 1. The van der Waals surface area contributed by atoms with Gasteiger partial charge in [-0.2, -0.15) is 0 Å². The molecule has 1 rings (SSSR count). The first-order chi connectivity index (χ1) is 7.94. The lowest BCUT2D eigenvalue weighted by molar-refractivity contribution is -0.154. The number of rotatable bonds is 5. The average molecular weight is 260 g/mol. The summed E-state index contributed by atoms with van der Waals surface area (Å²) in [5.41, 5.74) is 5.54. The molecular weight excluding hydrogens is 236 g/mol. The molecular formula is C11H24N2O3Si. The van der Waals surface area contributed by atoms with Crippen LogP contribution in [-0.4, -0.2) is 64.1 Å². The maximum absolute atomic E-state index is 12.0. The molecule has 1 atom stereocenters. The first kappa shape index (κ1) is 14.6. The first-order valence-electron chi connectivity index (χ1n) is 6.12. The van der Waals surface area contributed by atoms with Gasteiger partial charge in [0.1, 0.15) is 6.04 Å². The van der Waals surface area contributed by atoms with E-state index >= 15 is 0 Å². The Labute approximate surface area is 104 Å². The fourth-order valence-electron chi connectivity index (χ4n) is 1.67. The highest BCUT2D eigenvalue weighted by Crippen LogP contribution is 2.09. The normalized spacial score (nSPS) is 22.5. The fourth-order valence-corrected chi connectivity index (χ4v) is 2.25. The molecule has 5 nitrogen and oxygen atoms in total. The summed E-state index contributed by atoms with van der Waals surface area (Å²) in [5.74, 6) is -0.166. The molecule has 0 aromatic rings. The van der Waals surface area contributed by atoms with Crippen molar-refractivity contribution in [1.29, 1.82) is 0 Å². The third-order valence-corrected chi connectivity index (χ3v) is 3.59. The topological polar surface area (TPSA) is 64.8 Å². The highest BCUT2D eigenvalue weighted by molar-refractivity contribution is 6.76. The molecule has 1 aliphatic rings. The summed E-state index contributed by atoms with van der Waals surface area (Å²) >= 11 is 0. The third-order valence-electron chi connectivity index (χ3n) is 2.58. The molecule has 6 heteroatoms. The van der Waals surface area contributed by atoms with Crippen LogP contribution in [0.5, 0.6) is 0 Å². The molecule has 0 amide bonds. The summed E-state index contributed by atoms with van der Waals surface area (Å²) in [6.07, 6.45) is 0.568. The van der Waals surface area contributed by atoms with Crippen LogP contribution < -0.4 is 5.73 Å². The number of ether oxygens (including phenoxy) is 2. The van der Waals surface area contributed by atoms with Crippen molar-refractivity contribution < 1.29 is 14.3 Å². The Morgan fingerprint density at radius 1 is 1.53 bits per heavy atom. The molecule has 1 fully saturated rings. The number of morpholine rings is 1. The van der Waals surface area contributed by atoms with E-state index in [1.54, 1.807) is 0 Å². The molecule has 1 aliphatic heterocycles. The highest BCUT2D eigenvalue weighted by atomic mass is 28.3. The minimum absolute atomic E-state index is 0.166. The average Bonchev–Trinajstić information content (AvgIpc) is 2.26. The van der Waals surface area contributed by atoms with Crippen molar-refractivity contribution in [2.75, 3.05) is 39.1 Å². The number of esters is 1. The van der Waals surface area contributed by atoms with Crippen LogP contribution in [0.2, 0.25) is 19.6 Å². The van der Waals surface area contributed by atoms with E-state index in [1.165, 1.54) is 0 Å². The van der Waals surface area contributed by atoms with Crippen molar-refractivity contribution in [3.05, 3.63) is 0 Å². The number of nitrogens with two attached hydrogens (primary N) is 1. The molecule has 1 saturated heterocycles. The second kappa shape index (κ2) is 6.49. The van der Waals surface area contributed by atoms with Crippen molar-refractivity contribution >= 4 is 14.0 Å². The zero-order valence-electron chi connectivity index (χ0n) is 11.1. The van der Waals surface area contributed by atoms with Crippen LogP contribution >= 0.6 is 0 Å². The SMILES string of the molecule is C[Si](C)(C)COC(=O)[C@H]1COCCN1CCN. The Morgan fingerprint density at radius 2 is 2.24 bits per heavy atom. The number of hydrogen-bond acceptors (Lipinski definition) is 5. The van der Waals surface area contributed by atoms with Crippen LogP contribution in [0.3, 0.4) is 0 Å². The van der Waals surface area contributed by atoms with Gasteiger partial charge in [-0.05, 0) is 0 Å².